The van der Waals surface area contributed by atoms with Gasteiger partial charge in [0.05, 0.1) is 6.61 Å². The fraction of sp³-hybridized carbons (Fsp3) is 0.385. The molecule has 0 aliphatic rings. The van der Waals surface area contributed by atoms with Crippen LogP contribution in [0.5, 0.6) is 0 Å². The molecule has 0 saturated heterocycles. The van der Waals surface area contributed by atoms with Crippen LogP contribution in [-0.4, -0.2) is 31.6 Å². The van der Waals surface area contributed by atoms with Crippen LogP contribution >= 0.6 is 25.9 Å². The maximum Gasteiger partial charge on any atom is 0.467 e. The van der Waals surface area contributed by atoms with Crippen molar-refractivity contribution in [2.45, 2.75) is 26.7 Å². The van der Waals surface area contributed by atoms with Gasteiger partial charge in [0.2, 0.25) is 0 Å². The summed E-state index contributed by atoms with van der Waals surface area (Å²) in [5.41, 5.74) is 8.64. The molecule has 13 heteroatoms. The first-order chi connectivity index (χ1) is 12.1. The van der Waals surface area contributed by atoms with E-state index >= 15 is 0 Å². The molecule has 1 atom stereocenters. The van der Waals surface area contributed by atoms with E-state index in [4.69, 9.17) is 20.8 Å². The molecular weight excluding hydrogens is 404 g/mol. The molecule has 2 aromatic heterocycles. The fourth-order valence-electron chi connectivity index (χ4n) is 2.17. The molecule has 10 nitrogen and oxygen atoms in total. The maximum atomic E-state index is 11.7. The Morgan fingerprint density at radius 1 is 1.27 bits per heavy atom. The van der Waals surface area contributed by atoms with E-state index in [0.29, 0.717) is 18.1 Å². The zero-order valence-electron chi connectivity index (χ0n) is 14.0. The second kappa shape index (κ2) is 8.24. The lowest BCUT2D eigenvalue weighted by molar-refractivity contribution is -0.145. The summed E-state index contributed by atoms with van der Waals surface area (Å²) < 4.78 is 30.8. The fourth-order valence-corrected chi connectivity index (χ4v) is 4.82. The van der Waals surface area contributed by atoms with Crippen molar-refractivity contribution in [1.29, 1.82) is 0 Å². The van der Waals surface area contributed by atoms with E-state index in [1.807, 2.05) is 12.3 Å². The predicted octanol–water partition coefficient (Wildman–Crippen LogP) is 2.66. The Kier molecular flexibility index (Phi) is 6.70. The number of hydrogen-bond donors (Lipinski definition) is 4. The topological polar surface area (TPSA) is 165 Å². The molecule has 0 saturated carbocycles. The van der Waals surface area contributed by atoms with Crippen LogP contribution in [0.4, 0.5) is 5.82 Å². The van der Waals surface area contributed by atoms with E-state index in [9.17, 15) is 9.13 Å². The summed E-state index contributed by atoms with van der Waals surface area (Å²) in [5.74, 6) is 1.00. The zero-order valence-corrected chi connectivity index (χ0v) is 16.6. The van der Waals surface area contributed by atoms with Crippen molar-refractivity contribution in [3.05, 3.63) is 39.0 Å². The summed E-state index contributed by atoms with van der Waals surface area (Å²) in [6, 6.07) is 0. The summed E-state index contributed by atoms with van der Waals surface area (Å²) in [7, 11) is -10.1. The van der Waals surface area contributed by atoms with Gasteiger partial charge in [-0.15, -0.1) is 16.0 Å². The van der Waals surface area contributed by atoms with Gasteiger partial charge < -0.3 is 15.5 Å². The number of nitrogen functional groups attached to an aromatic ring is 1. The second-order valence-corrected chi connectivity index (χ2v) is 11.8. The van der Waals surface area contributed by atoms with Gasteiger partial charge in [0, 0.05) is 29.5 Å². The number of aromatic nitrogens is 2. The van der Waals surface area contributed by atoms with Gasteiger partial charge in [-0.3, -0.25) is 4.52 Å². The molecule has 0 bridgehead atoms. The minimum Gasteiger partial charge on any atom is -0.383 e. The van der Waals surface area contributed by atoms with Crippen LogP contribution in [0.2, 0.25) is 0 Å². The summed E-state index contributed by atoms with van der Waals surface area (Å²) in [5, 5.41) is 10.4. The molecule has 0 spiro atoms. The van der Waals surface area contributed by atoms with Gasteiger partial charge in [-0.25, -0.2) is 24.4 Å². The molecule has 0 aromatic carbocycles. The maximum absolute atomic E-state index is 11.7. The third-order valence-corrected chi connectivity index (χ3v) is 8.68. The minimum absolute atomic E-state index is 0.240. The number of anilines is 1. The molecule has 0 aliphatic carbocycles. The molecule has 1 unspecified atom stereocenters. The Balaban J connectivity index is 2.05. The van der Waals surface area contributed by atoms with Crippen molar-refractivity contribution < 1.29 is 33.4 Å². The van der Waals surface area contributed by atoms with Crippen molar-refractivity contribution in [2.24, 2.45) is 0 Å². The van der Waals surface area contributed by atoms with E-state index in [2.05, 4.69) is 19.2 Å². The highest BCUT2D eigenvalue weighted by Crippen LogP contribution is 2.77. The third-order valence-electron chi connectivity index (χ3n) is 3.65. The Morgan fingerprint density at radius 2 is 1.96 bits per heavy atom. The molecular formula is C13H19N3O7P2S. The van der Waals surface area contributed by atoms with Gasteiger partial charge in [-0.1, -0.05) is 0 Å². The first-order valence-electron chi connectivity index (χ1n) is 7.35. The first-order valence-corrected chi connectivity index (χ1v) is 12.1. The zero-order chi connectivity index (χ0) is 19.5. The first kappa shape index (κ1) is 21.1. The minimum atomic E-state index is -5.23. The Morgan fingerprint density at radius 3 is 2.54 bits per heavy atom. The Labute approximate surface area is 153 Å². The van der Waals surface area contributed by atoms with E-state index < -0.39 is 14.6 Å². The van der Waals surface area contributed by atoms with Gasteiger partial charge in [0.25, 0.3) is 0 Å². The van der Waals surface area contributed by atoms with E-state index in [-0.39, 0.29) is 13.0 Å². The molecule has 0 fully saturated rings. The average Bonchev–Trinajstić information content (AvgIpc) is 2.89. The highest BCUT2D eigenvalue weighted by molar-refractivity contribution is 8.26. The standard InChI is InChI=1S/C13H19N3O7P2S/c1-8-11(5-10-6-15-9(2)16-13(10)14)7-26-12(8)3-4-22-25(21,23-17)24(18,19)20/h6-7,17H,3-5H2,1-2H3,(H2,14,15,16)(H2,18,19,20). The van der Waals surface area contributed by atoms with Crippen molar-refractivity contribution in [2.75, 3.05) is 12.3 Å². The molecule has 2 heterocycles. The SMILES string of the molecule is Cc1ncc(Cc2csc(CCOP(=O)(OO)P(=O)(O)O)c2C)c(N)n1. The second-order valence-electron chi connectivity index (χ2n) is 5.46. The molecule has 2 aromatic rings. The summed E-state index contributed by atoms with van der Waals surface area (Å²) >= 11 is 1.42. The van der Waals surface area contributed by atoms with E-state index in [0.717, 1.165) is 21.6 Å². The number of aryl methyl sites for hydroxylation is 1. The normalized spacial score (nSPS) is 14.3. The average molecular weight is 423 g/mol. The summed E-state index contributed by atoms with van der Waals surface area (Å²) in [4.78, 5) is 27.0. The highest BCUT2D eigenvalue weighted by atomic mass is 32.1. The number of nitrogens with two attached hydrogens (primary N) is 1. The highest BCUT2D eigenvalue weighted by Gasteiger charge is 2.46. The molecule has 0 aliphatic heterocycles. The molecule has 26 heavy (non-hydrogen) atoms. The Hall–Kier alpha value is -1.16. The van der Waals surface area contributed by atoms with Crippen LogP contribution in [0, 0.1) is 13.8 Å². The van der Waals surface area contributed by atoms with Crippen molar-refractivity contribution in [3.63, 3.8) is 0 Å². The summed E-state index contributed by atoms with van der Waals surface area (Å²) in [6.45, 7) is 3.34. The van der Waals surface area contributed by atoms with Crippen LogP contribution in [0.25, 0.3) is 0 Å². The molecule has 144 valence electrons. The van der Waals surface area contributed by atoms with Gasteiger partial charge >= 0.3 is 14.6 Å². The molecule has 0 radical (unpaired) electrons. The summed E-state index contributed by atoms with van der Waals surface area (Å²) in [6.07, 6.45) is 2.45. The van der Waals surface area contributed by atoms with Gasteiger partial charge in [0.15, 0.2) is 0 Å². The number of hydrogen-bond acceptors (Lipinski definition) is 9. The van der Waals surface area contributed by atoms with Crippen LogP contribution in [0.1, 0.15) is 27.4 Å². The van der Waals surface area contributed by atoms with Gasteiger partial charge in [0.1, 0.15) is 11.6 Å². The van der Waals surface area contributed by atoms with Crippen molar-refractivity contribution >= 4 is 31.7 Å². The molecule has 5 N–H and O–H groups in total. The number of thiophene rings is 1. The number of nitrogens with zero attached hydrogens (tertiary/aromatic N) is 2. The smallest absolute Gasteiger partial charge is 0.383 e. The van der Waals surface area contributed by atoms with Crippen LogP contribution in [-0.2, 0) is 31.2 Å². The van der Waals surface area contributed by atoms with Gasteiger partial charge in [-0.05, 0) is 30.4 Å². The lowest BCUT2D eigenvalue weighted by atomic mass is 10.0. The third kappa shape index (κ3) is 4.76. The van der Waals surface area contributed by atoms with Crippen LogP contribution in [0.3, 0.4) is 0 Å². The predicted molar refractivity (Wildman–Crippen MR) is 96.1 cm³/mol. The van der Waals surface area contributed by atoms with Crippen LogP contribution < -0.4 is 5.73 Å². The largest absolute Gasteiger partial charge is 0.467 e. The van der Waals surface area contributed by atoms with Crippen molar-refractivity contribution in [3.8, 4) is 0 Å². The lowest BCUT2D eigenvalue weighted by Crippen LogP contribution is -2.03. The lowest BCUT2D eigenvalue weighted by Gasteiger charge is -2.14. The monoisotopic (exact) mass is 423 g/mol. The Bertz CT molecular complexity index is 883. The van der Waals surface area contributed by atoms with E-state index in [1.54, 1.807) is 13.1 Å². The van der Waals surface area contributed by atoms with Gasteiger partial charge in [-0.2, -0.15) is 0 Å². The quantitative estimate of drug-likeness (QED) is 0.282. The van der Waals surface area contributed by atoms with E-state index in [1.165, 1.54) is 11.3 Å². The van der Waals surface area contributed by atoms with Crippen LogP contribution in [0.15, 0.2) is 11.6 Å². The molecule has 2 rings (SSSR count). The molecule has 0 amide bonds. The van der Waals surface area contributed by atoms with Crippen molar-refractivity contribution in [1.82, 2.24) is 9.97 Å². The number of rotatable bonds is 8.